The highest BCUT2D eigenvalue weighted by Crippen LogP contribution is 2.06. The molecule has 0 saturated heterocycles. The zero-order valence-corrected chi connectivity index (χ0v) is 8.02. The van der Waals surface area contributed by atoms with E-state index in [0.717, 1.165) is 24.4 Å². The second kappa shape index (κ2) is 3.72. The molecular formula is C9H17N3. The predicted octanol–water partition coefficient (Wildman–Crippen LogP) is 1.17. The van der Waals surface area contributed by atoms with Crippen LogP contribution in [0.5, 0.6) is 0 Å². The summed E-state index contributed by atoms with van der Waals surface area (Å²) in [6, 6.07) is 0.181. The number of imidazole rings is 1. The fraction of sp³-hybridized carbons (Fsp3) is 0.667. The van der Waals surface area contributed by atoms with E-state index >= 15 is 0 Å². The summed E-state index contributed by atoms with van der Waals surface area (Å²) >= 11 is 0. The number of hydrogen-bond donors (Lipinski definition) is 2. The van der Waals surface area contributed by atoms with Crippen LogP contribution in [0.2, 0.25) is 0 Å². The van der Waals surface area contributed by atoms with Gasteiger partial charge in [-0.2, -0.15) is 0 Å². The molecule has 1 aromatic heterocycles. The van der Waals surface area contributed by atoms with E-state index < -0.39 is 0 Å². The molecule has 0 fully saturated rings. The number of nitrogens with two attached hydrogens (primary N) is 1. The quantitative estimate of drug-likeness (QED) is 0.710. The van der Waals surface area contributed by atoms with Crippen molar-refractivity contribution in [2.75, 3.05) is 0 Å². The van der Waals surface area contributed by atoms with Gasteiger partial charge in [-0.1, -0.05) is 6.92 Å². The van der Waals surface area contributed by atoms with Gasteiger partial charge >= 0.3 is 0 Å². The van der Waals surface area contributed by atoms with E-state index in [9.17, 15) is 0 Å². The maximum atomic E-state index is 5.67. The van der Waals surface area contributed by atoms with Crippen molar-refractivity contribution in [1.29, 1.82) is 0 Å². The minimum atomic E-state index is 0.181. The Labute approximate surface area is 73.4 Å². The van der Waals surface area contributed by atoms with E-state index in [4.69, 9.17) is 5.73 Å². The molecule has 0 aromatic carbocycles. The molecule has 1 heterocycles. The molecule has 3 N–H and O–H groups in total. The van der Waals surface area contributed by atoms with Crippen molar-refractivity contribution < 1.29 is 0 Å². The molecule has 1 rings (SSSR count). The second-order valence-corrected chi connectivity index (χ2v) is 3.29. The minimum absolute atomic E-state index is 0.181. The first-order valence-electron chi connectivity index (χ1n) is 4.43. The molecule has 12 heavy (non-hydrogen) atoms. The number of H-pyrrole nitrogens is 1. The summed E-state index contributed by atoms with van der Waals surface area (Å²) in [4.78, 5) is 7.67. The summed E-state index contributed by atoms with van der Waals surface area (Å²) < 4.78 is 0. The van der Waals surface area contributed by atoms with Crippen molar-refractivity contribution in [3.05, 3.63) is 17.2 Å². The lowest BCUT2D eigenvalue weighted by Crippen LogP contribution is -2.18. The summed E-state index contributed by atoms with van der Waals surface area (Å²) in [7, 11) is 0. The molecule has 0 bridgehead atoms. The van der Waals surface area contributed by atoms with Gasteiger partial charge in [-0.15, -0.1) is 0 Å². The Balaban J connectivity index is 2.75. The maximum absolute atomic E-state index is 5.67. The van der Waals surface area contributed by atoms with Gasteiger partial charge in [0.2, 0.25) is 0 Å². The van der Waals surface area contributed by atoms with Crippen LogP contribution >= 0.6 is 0 Å². The Morgan fingerprint density at radius 1 is 1.58 bits per heavy atom. The van der Waals surface area contributed by atoms with E-state index in [-0.39, 0.29) is 6.04 Å². The highest BCUT2D eigenvalue weighted by atomic mass is 14.9. The van der Waals surface area contributed by atoms with Gasteiger partial charge in [0.05, 0.1) is 5.69 Å². The summed E-state index contributed by atoms with van der Waals surface area (Å²) in [5.74, 6) is 1.01. The second-order valence-electron chi connectivity index (χ2n) is 3.29. The van der Waals surface area contributed by atoms with Crippen LogP contribution in [-0.2, 0) is 12.8 Å². The molecule has 1 atom stereocenters. The molecule has 0 amide bonds. The Hall–Kier alpha value is -0.830. The van der Waals surface area contributed by atoms with E-state index in [1.165, 1.54) is 5.69 Å². The summed E-state index contributed by atoms with van der Waals surface area (Å²) in [6.45, 7) is 6.15. The van der Waals surface area contributed by atoms with E-state index in [1.54, 1.807) is 0 Å². The van der Waals surface area contributed by atoms with Gasteiger partial charge in [-0.3, -0.25) is 0 Å². The lowest BCUT2D eigenvalue weighted by molar-refractivity contribution is 0.707. The van der Waals surface area contributed by atoms with Gasteiger partial charge in [-0.05, 0) is 20.3 Å². The highest BCUT2D eigenvalue weighted by molar-refractivity contribution is 5.13. The SMILES string of the molecule is CCc1nc(CC(C)N)[nH]c1C. The number of rotatable bonds is 3. The van der Waals surface area contributed by atoms with E-state index in [1.807, 2.05) is 6.92 Å². The summed E-state index contributed by atoms with van der Waals surface area (Å²) in [6.07, 6.45) is 1.82. The molecule has 0 aliphatic rings. The van der Waals surface area contributed by atoms with Gasteiger partial charge in [0.15, 0.2) is 0 Å². The molecule has 0 aliphatic heterocycles. The first-order chi connectivity index (χ1) is 5.63. The fourth-order valence-corrected chi connectivity index (χ4v) is 1.31. The van der Waals surface area contributed by atoms with Crippen molar-refractivity contribution in [3.8, 4) is 0 Å². The zero-order valence-electron chi connectivity index (χ0n) is 8.02. The molecule has 0 saturated carbocycles. The van der Waals surface area contributed by atoms with Crippen LogP contribution in [-0.4, -0.2) is 16.0 Å². The molecule has 0 aliphatic carbocycles. The Kier molecular flexibility index (Phi) is 2.87. The number of aromatic amines is 1. The lowest BCUT2D eigenvalue weighted by atomic mass is 10.2. The Morgan fingerprint density at radius 3 is 2.67 bits per heavy atom. The van der Waals surface area contributed by atoms with Crippen LogP contribution in [0.1, 0.15) is 31.1 Å². The number of nitrogens with zero attached hydrogens (tertiary/aromatic N) is 1. The molecule has 1 aromatic rings. The Morgan fingerprint density at radius 2 is 2.25 bits per heavy atom. The first kappa shape index (κ1) is 9.26. The maximum Gasteiger partial charge on any atom is 0.108 e. The van der Waals surface area contributed by atoms with Gasteiger partial charge < -0.3 is 10.7 Å². The predicted molar refractivity (Wildman–Crippen MR) is 50.1 cm³/mol. The monoisotopic (exact) mass is 167 g/mol. The first-order valence-corrected chi connectivity index (χ1v) is 4.43. The molecule has 0 spiro atoms. The van der Waals surface area contributed by atoms with Gasteiger partial charge in [0, 0.05) is 18.2 Å². The summed E-state index contributed by atoms with van der Waals surface area (Å²) in [5, 5.41) is 0. The Bertz CT molecular complexity index is 250. The van der Waals surface area contributed by atoms with Crippen LogP contribution in [0.3, 0.4) is 0 Å². The average Bonchev–Trinajstić information content (AvgIpc) is 2.29. The molecule has 1 unspecified atom stereocenters. The van der Waals surface area contributed by atoms with Gasteiger partial charge in [0.1, 0.15) is 5.82 Å². The number of hydrogen-bond acceptors (Lipinski definition) is 2. The van der Waals surface area contributed by atoms with Gasteiger partial charge in [-0.25, -0.2) is 4.98 Å². The zero-order chi connectivity index (χ0) is 9.14. The highest BCUT2D eigenvalue weighted by Gasteiger charge is 2.05. The standard InChI is InChI=1S/C9H17N3/c1-4-8-7(3)11-9(12-8)5-6(2)10/h6H,4-5,10H2,1-3H3,(H,11,12). The van der Waals surface area contributed by atoms with Crippen molar-refractivity contribution in [2.45, 2.75) is 39.7 Å². The van der Waals surface area contributed by atoms with E-state index in [2.05, 4.69) is 23.8 Å². The third-order valence-corrected chi connectivity index (χ3v) is 1.88. The fourth-order valence-electron chi connectivity index (χ4n) is 1.31. The minimum Gasteiger partial charge on any atom is -0.346 e. The van der Waals surface area contributed by atoms with Crippen LogP contribution in [0.15, 0.2) is 0 Å². The lowest BCUT2D eigenvalue weighted by Gasteiger charge is -1.99. The number of aryl methyl sites for hydroxylation is 2. The molecule has 0 radical (unpaired) electrons. The normalized spacial score (nSPS) is 13.3. The number of aromatic nitrogens is 2. The largest absolute Gasteiger partial charge is 0.346 e. The third-order valence-electron chi connectivity index (χ3n) is 1.88. The topological polar surface area (TPSA) is 54.7 Å². The average molecular weight is 167 g/mol. The van der Waals surface area contributed by atoms with Crippen LogP contribution in [0.4, 0.5) is 0 Å². The van der Waals surface area contributed by atoms with Crippen molar-refractivity contribution in [1.82, 2.24) is 9.97 Å². The van der Waals surface area contributed by atoms with Crippen molar-refractivity contribution in [3.63, 3.8) is 0 Å². The molecule has 68 valence electrons. The van der Waals surface area contributed by atoms with Crippen LogP contribution < -0.4 is 5.73 Å². The van der Waals surface area contributed by atoms with Crippen LogP contribution in [0, 0.1) is 6.92 Å². The van der Waals surface area contributed by atoms with Crippen LogP contribution in [0.25, 0.3) is 0 Å². The molecular weight excluding hydrogens is 150 g/mol. The number of nitrogens with one attached hydrogen (secondary N) is 1. The van der Waals surface area contributed by atoms with Crippen molar-refractivity contribution in [2.24, 2.45) is 5.73 Å². The summed E-state index contributed by atoms with van der Waals surface area (Å²) in [5.41, 5.74) is 8.00. The third kappa shape index (κ3) is 2.08. The van der Waals surface area contributed by atoms with E-state index in [0.29, 0.717) is 0 Å². The van der Waals surface area contributed by atoms with Crippen molar-refractivity contribution >= 4 is 0 Å². The molecule has 3 heteroatoms. The van der Waals surface area contributed by atoms with Gasteiger partial charge in [0.25, 0.3) is 0 Å². The molecule has 3 nitrogen and oxygen atoms in total. The smallest absolute Gasteiger partial charge is 0.108 e.